The molecule has 0 fully saturated rings. The monoisotopic (exact) mass is 235 g/mol. The second kappa shape index (κ2) is 8.50. The number of carboxylic acids is 1. The van der Waals surface area contributed by atoms with Crippen LogP contribution >= 0.6 is 0 Å². The highest BCUT2D eigenvalue weighted by Crippen LogP contribution is 2.04. The van der Waals surface area contributed by atoms with E-state index in [0.717, 1.165) is 23.8 Å². The smallest absolute Gasteiger partial charge is 0.328 e. The molecule has 0 amide bonds. The first kappa shape index (κ1) is 15.4. The van der Waals surface area contributed by atoms with Gasteiger partial charge in [0.2, 0.25) is 0 Å². The van der Waals surface area contributed by atoms with E-state index in [1.54, 1.807) is 6.08 Å². The lowest BCUT2D eigenvalue weighted by Crippen LogP contribution is -1.95. The molecule has 0 aromatic carbocycles. The van der Waals surface area contributed by atoms with Crippen molar-refractivity contribution in [1.82, 2.24) is 0 Å². The maximum atomic E-state index is 10.3. The number of hydrogen-bond donors (Lipinski definition) is 1. The van der Waals surface area contributed by atoms with Crippen LogP contribution in [0.1, 0.15) is 34.1 Å². The summed E-state index contributed by atoms with van der Waals surface area (Å²) < 4.78 is 0. The number of carboxylic acid groups (broad SMARTS) is 1. The molecule has 0 bridgehead atoms. The van der Waals surface area contributed by atoms with Crippen molar-refractivity contribution in [3.8, 4) is 0 Å². The molecular weight excluding hydrogens is 214 g/mol. The van der Waals surface area contributed by atoms with Crippen molar-refractivity contribution in [3.63, 3.8) is 0 Å². The van der Waals surface area contributed by atoms with Gasteiger partial charge in [-0.1, -0.05) is 25.2 Å². The molecule has 0 aliphatic rings. The van der Waals surface area contributed by atoms with Gasteiger partial charge in [-0.05, 0) is 38.8 Å². The second-order valence-electron chi connectivity index (χ2n) is 3.99. The number of carbonyl (C=O) groups is 1. The van der Waals surface area contributed by atoms with E-state index >= 15 is 0 Å². The molecule has 0 rings (SSSR count). The van der Waals surface area contributed by atoms with Crippen LogP contribution in [0.15, 0.2) is 40.9 Å². The third-order valence-corrected chi connectivity index (χ3v) is 1.92. The maximum Gasteiger partial charge on any atom is 0.328 e. The molecule has 17 heavy (non-hydrogen) atoms. The summed E-state index contributed by atoms with van der Waals surface area (Å²) in [6.45, 7) is 8.10. The average Bonchev–Trinajstić information content (AvgIpc) is 2.21. The van der Waals surface area contributed by atoms with Gasteiger partial charge < -0.3 is 5.11 Å². The molecule has 0 radical (unpaired) electrons. The topological polar surface area (TPSA) is 49.7 Å². The predicted molar refractivity (Wildman–Crippen MR) is 72.5 cm³/mol. The van der Waals surface area contributed by atoms with Gasteiger partial charge in [-0.3, -0.25) is 4.99 Å². The lowest BCUT2D eigenvalue weighted by molar-refractivity contribution is -0.131. The number of aliphatic carboxylic acids is 1. The van der Waals surface area contributed by atoms with E-state index in [1.807, 2.05) is 32.9 Å². The number of allylic oxidation sites excluding steroid dienone is 5. The van der Waals surface area contributed by atoms with Gasteiger partial charge in [-0.2, -0.15) is 0 Å². The van der Waals surface area contributed by atoms with Gasteiger partial charge >= 0.3 is 5.97 Å². The second-order valence-corrected chi connectivity index (χ2v) is 3.99. The summed E-state index contributed by atoms with van der Waals surface area (Å²) in [6.07, 6.45) is 9.16. The first-order valence-corrected chi connectivity index (χ1v) is 5.78. The van der Waals surface area contributed by atoms with Gasteiger partial charge in [0.25, 0.3) is 0 Å². The van der Waals surface area contributed by atoms with Crippen LogP contribution in [-0.2, 0) is 4.79 Å². The van der Waals surface area contributed by atoms with Crippen molar-refractivity contribution in [1.29, 1.82) is 0 Å². The first-order chi connectivity index (χ1) is 7.95. The summed E-state index contributed by atoms with van der Waals surface area (Å²) in [4.78, 5) is 14.7. The number of hydrogen-bond acceptors (Lipinski definition) is 2. The molecule has 0 atom stereocenters. The minimum atomic E-state index is -0.936. The molecule has 1 N–H and O–H groups in total. The highest BCUT2D eigenvalue weighted by atomic mass is 16.4. The molecule has 0 aromatic heterocycles. The van der Waals surface area contributed by atoms with Crippen molar-refractivity contribution in [2.45, 2.75) is 40.2 Å². The number of nitrogens with zero attached hydrogens (tertiary/aromatic N) is 1. The minimum absolute atomic E-state index is 0.292. The molecule has 3 nitrogen and oxygen atoms in total. The number of aliphatic imine (C=N–C) groups is 1. The highest BCUT2D eigenvalue weighted by Gasteiger charge is 1.92. The zero-order valence-corrected chi connectivity index (χ0v) is 11.0. The fourth-order valence-electron chi connectivity index (χ4n) is 1.30. The summed E-state index contributed by atoms with van der Waals surface area (Å²) in [5, 5.41) is 8.43. The Labute approximate surface area is 103 Å². The Morgan fingerprint density at radius 2 is 1.88 bits per heavy atom. The normalized spacial score (nSPS) is 14.2. The van der Waals surface area contributed by atoms with Crippen molar-refractivity contribution >= 4 is 11.7 Å². The summed E-state index contributed by atoms with van der Waals surface area (Å²) in [5.74, 6) is -0.936. The minimum Gasteiger partial charge on any atom is -0.478 e. The van der Waals surface area contributed by atoms with Crippen LogP contribution in [0, 0.1) is 0 Å². The molecular formula is C14H21NO2. The van der Waals surface area contributed by atoms with Gasteiger partial charge in [-0.25, -0.2) is 4.79 Å². The summed E-state index contributed by atoms with van der Waals surface area (Å²) in [5.41, 5.74) is 2.12. The average molecular weight is 235 g/mol. The van der Waals surface area contributed by atoms with Crippen molar-refractivity contribution in [3.05, 3.63) is 36.0 Å². The third kappa shape index (κ3) is 9.30. The van der Waals surface area contributed by atoms with Crippen molar-refractivity contribution in [2.24, 2.45) is 4.99 Å². The zero-order valence-electron chi connectivity index (χ0n) is 11.0. The standard InChI is InChI=1S/C14H21NO2/c1-5-13(8-6-7-9-14(16)17)10-12(4)15-11(2)3/h6-11H,5H2,1-4H3,(H,16,17)/b8-6+,9-7+,13-10+,15-12?. The molecule has 0 aliphatic carbocycles. The van der Waals surface area contributed by atoms with E-state index in [-0.39, 0.29) is 0 Å². The van der Waals surface area contributed by atoms with Crippen molar-refractivity contribution in [2.75, 3.05) is 0 Å². The fourth-order valence-corrected chi connectivity index (χ4v) is 1.30. The zero-order chi connectivity index (χ0) is 13.3. The van der Waals surface area contributed by atoms with Gasteiger partial charge in [-0.15, -0.1) is 0 Å². The summed E-state index contributed by atoms with van der Waals surface area (Å²) >= 11 is 0. The Bertz CT molecular complexity index is 360. The van der Waals surface area contributed by atoms with E-state index < -0.39 is 5.97 Å². The van der Waals surface area contributed by atoms with Crippen LogP contribution < -0.4 is 0 Å². The van der Waals surface area contributed by atoms with E-state index in [0.29, 0.717) is 6.04 Å². The molecule has 3 heteroatoms. The molecule has 94 valence electrons. The molecule has 0 saturated heterocycles. The Hall–Kier alpha value is -1.64. The lowest BCUT2D eigenvalue weighted by Gasteiger charge is -2.00. The molecule has 0 aromatic rings. The quantitative estimate of drug-likeness (QED) is 0.436. The van der Waals surface area contributed by atoms with Gasteiger partial charge in [0, 0.05) is 17.8 Å². The van der Waals surface area contributed by atoms with Crippen LogP contribution in [0.3, 0.4) is 0 Å². The fraction of sp³-hybridized carbons (Fsp3) is 0.429. The Kier molecular flexibility index (Phi) is 7.68. The Morgan fingerprint density at radius 3 is 2.35 bits per heavy atom. The van der Waals surface area contributed by atoms with Crippen molar-refractivity contribution < 1.29 is 9.90 Å². The van der Waals surface area contributed by atoms with Crippen LogP contribution in [0.2, 0.25) is 0 Å². The molecule has 0 unspecified atom stereocenters. The van der Waals surface area contributed by atoms with E-state index in [4.69, 9.17) is 5.11 Å². The Balaban J connectivity index is 4.63. The van der Waals surface area contributed by atoms with E-state index in [2.05, 4.69) is 11.9 Å². The molecule has 0 spiro atoms. The lowest BCUT2D eigenvalue weighted by atomic mass is 10.1. The SMILES string of the molecule is CCC(/C=C/C=C/C(=O)O)=C\C(C)=NC(C)C. The Morgan fingerprint density at radius 1 is 1.29 bits per heavy atom. The van der Waals surface area contributed by atoms with Gasteiger partial charge in [0.15, 0.2) is 0 Å². The summed E-state index contributed by atoms with van der Waals surface area (Å²) in [6, 6.07) is 0.292. The maximum absolute atomic E-state index is 10.3. The third-order valence-electron chi connectivity index (χ3n) is 1.92. The molecule has 0 heterocycles. The predicted octanol–water partition coefficient (Wildman–Crippen LogP) is 3.39. The van der Waals surface area contributed by atoms with Crippen LogP contribution in [0.25, 0.3) is 0 Å². The van der Waals surface area contributed by atoms with E-state index in [9.17, 15) is 4.79 Å². The molecule has 0 saturated carbocycles. The number of rotatable bonds is 6. The van der Waals surface area contributed by atoms with Crippen LogP contribution in [0.4, 0.5) is 0 Å². The first-order valence-electron chi connectivity index (χ1n) is 5.78. The van der Waals surface area contributed by atoms with E-state index in [1.165, 1.54) is 6.08 Å². The van der Waals surface area contributed by atoms with Crippen LogP contribution in [0.5, 0.6) is 0 Å². The van der Waals surface area contributed by atoms with Gasteiger partial charge in [0.1, 0.15) is 0 Å². The highest BCUT2D eigenvalue weighted by molar-refractivity contribution is 5.93. The van der Waals surface area contributed by atoms with Gasteiger partial charge in [0.05, 0.1) is 0 Å². The van der Waals surface area contributed by atoms with Crippen LogP contribution in [-0.4, -0.2) is 22.8 Å². The molecule has 0 aliphatic heterocycles. The largest absolute Gasteiger partial charge is 0.478 e. The summed E-state index contributed by atoms with van der Waals surface area (Å²) in [7, 11) is 0.